The second-order valence-electron chi connectivity index (χ2n) is 4.80. The van der Waals surface area contributed by atoms with Crippen LogP contribution in [0.5, 0.6) is 5.75 Å². The van der Waals surface area contributed by atoms with Crippen molar-refractivity contribution in [3.63, 3.8) is 0 Å². The van der Waals surface area contributed by atoms with E-state index in [1.54, 1.807) is 0 Å². The first-order chi connectivity index (χ1) is 11.2. The minimum atomic E-state index is -4.20. The molecule has 0 amide bonds. The monoisotopic (exact) mass is 420 g/mol. The highest BCUT2D eigenvalue weighted by Crippen LogP contribution is 2.27. The number of esters is 1. The Hall–Kier alpha value is -2.00. The zero-order valence-corrected chi connectivity index (χ0v) is 14.6. The van der Waals surface area contributed by atoms with Crippen molar-refractivity contribution < 1.29 is 31.8 Å². The number of phenols is 1. The Kier molecular flexibility index (Phi) is 5.24. The highest BCUT2D eigenvalue weighted by atomic mass is 79.9. The zero-order chi connectivity index (χ0) is 18.1. The van der Waals surface area contributed by atoms with Gasteiger partial charge in [-0.2, -0.15) is 0 Å². The van der Waals surface area contributed by atoms with Crippen molar-refractivity contribution in [2.75, 3.05) is 7.11 Å². The number of benzene rings is 2. The van der Waals surface area contributed by atoms with Crippen LogP contribution in [0.15, 0.2) is 39.7 Å². The minimum absolute atomic E-state index is 0.0999. The number of methoxy groups -OCH3 is 1. The predicted molar refractivity (Wildman–Crippen MR) is 84.4 cm³/mol. The molecule has 9 heteroatoms. The number of halogens is 3. The van der Waals surface area contributed by atoms with Crippen LogP contribution in [0.25, 0.3) is 0 Å². The molecular weight excluding hydrogens is 410 g/mol. The van der Waals surface area contributed by atoms with E-state index in [0.717, 1.165) is 19.2 Å². The molecule has 0 aliphatic carbocycles. The number of ether oxygens (including phenoxy) is 1. The number of aromatic hydroxyl groups is 1. The van der Waals surface area contributed by atoms with Crippen molar-refractivity contribution in [1.82, 2.24) is 0 Å². The topological polar surface area (TPSA) is 80.7 Å². The van der Waals surface area contributed by atoms with Crippen LogP contribution < -0.4 is 0 Å². The molecule has 0 atom stereocenters. The summed E-state index contributed by atoms with van der Waals surface area (Å²) in [6.45, 7) is 0. The minimum Gasteiger partial charge on any atom is -0.507 e. The van der Waals surface area contributed by atoms with Crippen LogP contribution in [0, 0.1) is 11.6 Å². The summed E-state index contributed by atoms with van der Waals surface area (Å²) in [6.07, 6.45) is 0. The Morgan fingerprint density at radius 1 is 1.21 bits per heavy atom. The molecule has 0 spiro atoms. The average Bonchev–Trinajstić information content (AvgIpc) is 2.49. The summed E-state index contributed by atoms with van der Waals surface area (Å²) in [5.41, 5.74) is -0.0394. The summed E-state index contributed by atoms with van der Waals surface area (Å²) >= 11 is 2.76. The second kappa shape index (κ2) is 6.86. The maximum Gasteiger partial charge on any atom is 0.341 e. The first-order valence-electron chi connectivity index (χ1n) is 6.43. The molecule has 0 saturated heterocycles. The van der Waals surface area contributed by atoms with Crippen molar-refractivity contribution in [1.29, 1.82) is 0 Å². The van der Waals surface area contributed by atoms with Crippen LogP contribution >= 0.6 is 15.9 Å². The third-order valence-electron chi connectivity index (χ3n) is 3.13. The van der Waals surface area contributed by atoms with Crippen molar-refractivity contribution in [2.45, 2.75) is 10.6 Å². The van der Waals surface area contributed by atoms with E-state index in [-0.39, 0.29) is 15.6 Å². The standard InChI is InChI=1S/C15H11BrF2O5S/c1-23-15(20)9-3-2-8(4-13(9)19)7-24(21,22)14-6-11(17)10(16)5-12(14)18/h2-6,19H,7H2,1H3. The van der Waals surface area contributed by atoms with Gasteiger partial charge in [0.2, 0.25) is 0 Å². The van der Waals surface area contributed by atoms with Gasteiger partial charge in [0.05, 0.1) is 17.3 Å². The van der Waals surface area contributed by atoms with Crippen LogP contribution in [0.4, 0.5) is 8.78 Å². The first kappa shape index (κ1) is 18.3. The van der Waals surface area contributed by atoms with Gasteiger partial charge in [-0.3, -0.25) is 0 Å². The van der Waals surface area contributed by atoms with Gasteiger partial charge >= 0.3 is 5.97 Å². The van der Waals surface area contributed by atoms with Gasteiger partial charge in [-0.15, -0.1) is 0 Å². The van der Waals surface area contributed by atoms with E-state index >= 15 is 0 Å². The Labute approximate surface area is 144 Å². The molecule has 0 aromatic heterocycles. The molecule has 5 nitrogen and oxygen atoms in total. The van der Waals surface area contributed by atoms with Crippen molar-refractivity contribution >= 4 is 31.7 Å². The molecule has 2 aromatic rings. The molecule has 0 aliphatic heterocycles. The molecule has 0 radical (unpaired) electrons. The van der Waals surface area contributed by atoms with Gasteiger partial charge in [0, 0.05) is 0 Å². The van der Waals surface area contributed by atoms with E-state index in [4.69, 9.17) is 0 Å². The van der Waals surface area contributed by atoms with Crippen molar-refractivity contribution in [3.8, 4) is 5.75 Å². The molecule has 0 fully saturated rings. The molecule has 24 heavy (non-hydrogen) atoms. The quantitative estimate of drug-likeness (QED) is 0.606. The number of rotatable bonds is 4. The van der Waals surface area contributed by atoms with Crippen LogP contribution in [0.3, 0.4) is 0 Å². The van der Waals surface area contributed by atoms with E-state index in [9.17, 15) is 27.1 Å². The number of sulfone groups is 1. The third-order valence-corrected chi connectivity index (χ3v) is 5.44. The number of hydrogen-bond acceptors (Lipinski definition) is 5. The summed E-state index contributed by atoms with van der Waals surface area (Å²) in [4.78, 5) is 10.6. The number of phenolic OH excluding ortho intramolecular Hbond substituents is 1. The third kappa shape index (κ3) is 3.73. The Morgan fingerprint density at radius 3 is 2.46 bits per heavy atom. The lowest BCUT2D eigenvalue weighted by molar-refractivity contribution is 0.0597. The lowest BCUT2D eigenvalue weighted by atomic mass is 10.1. The normalized spacial score (nSPS) is 11.3. The highest BCUT2D eigenvalue weighted by Gasteiger charge is 2.23. The molecule has 128 valence electrons. The fraction of sp³-hybridized carbons (Fsp3) is 0.133. The molecule has 2 rings (SSSR count). The van der Waals surface area contributed by atoms with Gasteiger partial charge in [-0.05, 0) is 45.8 Å². The van der Waals surface area contributed by atoms with Gasteiger partial charge in [0.1, 0.15) is 27.8 Å². The van der Waals surface area contributed by atoms with Crippen molar-refractivity contribution in [2.24, 2.45) is 0 Å². The van der Waals surface area contributed by atoms with E-state index in [0.29, 0.717) is 6.07 Å². The molecule has 0 unspecified atom stereocenters. The van der Waals surface area contributed by atoms with E-state index in [1.165, 1.54) is 12.1 Å². The molecule has 2 aromatic carbocycles. The fourth-order valence-electron chi connectivity index (χ4n) is 1.99. The molecule has 0 aliphatic rings. The molecule has 1 N–H and O–H groups in total. The predicted octanol–water partition coefficient (Wildman–Crippen LogP) is 3.19. The summed E-state index contributed by atoms with van der Waals surface area (Å²) in [6, 6.07) is 4.82. The Bertz CT molecular complexity index is 912. The van der Waals surface area contributed by atoms with Gasteiger partial charge in [0.25, 0.3) is 0 Å². The molecular formula is C15H11BrF2O5S. The first-order valence-corrected chi connectivity index (χ1v) is 8.87. The lowest BCUT2D eigenvalue weighted by Crippen LogP contribution is -2.09. The van der Waals surface area contributed by atoms with Crippen LogP contribution in [0.1, 0.15) is 15.9 Å². The van der Waals surface area contributed by atoms with Crippen molar-refractivity contribution in [3.05, 3.63) is 57.6 Å². The fourth-order valence-corrected chi connectivity index (χ4v) is 3.72. The smallest absolute Gasteiger partial charge is 0.341 e. The lowest BCUT2D eigenvalue weighted by Gasteiger charge is -2.09. The van der Waals surface area contributed by atoms with Gasteiger partial charge in [-0.1, -0.05) is 6.07 Å². The highest BCUT2D eigenvalue weighted by molar-refractivity contribution is 9.10. The summed E-state index contributed by atoms with van der Waals surface area (Å²) < 4.78 is 56.2. The molecule has 0 bridgehead atoms. The number of carbonyl (C=O) groups excluding carboxylic acids is 1. The largest absolute Gasteiger partial charge is 0.507 e. The maximum atomic E-state index is 13.8. The van der Waals surface area contributed by atoms with Gasteiger partial charge in [-0.25, -0.2) is 22.0 Å². The summed E-state index contributed by atoms with van der Waals surface area (Å²) in [7, 11) is -3.07. The van der Waals surface area contributed by atoms with Gasteiger partial charge < -0.3 is 9.84 Å². The van der Waals surface area contributed by atoms with Crippen LogP contribution in [-0.4, -0.2) is 26.6 Å². The Morgan fingerprint density at radius 2 is 1.88 bits per heavy atom. The zero-order valence-electron chi connectivity index (χ0n) is 12.2. The number of carbonyl (C=O) groups is 1. The second-order valence-corrected chi connectivity index (χ2v) is 7.61. The average molecular weight is 421 g/mol. The van der Waals surface area contributed by atoms with E-state index in [1.807, 2.05) is 0 Å². The molecule has 0 saturated carbocycles. The number of hydrogen-bond donors (Lipinski definition) is 1. The summed E-state index contributed by atoms with van der Waals surface area (Å²) in [5.74, 6) is -3.96. The molecule has 0 heterocycles. The SMILES string of the molecule is COC(=O)c1ccc(CS(=O)(=O)c2cc(F)c(Br)cc2F)cc1O. The van der Waals surface area contributed by atoms with Crippen LogP contribution in [-0.2, 0) is 20.3 Å². The maximum absolute atomic E-state index is 13.8. The van der Waals surface area contributed by atoms with E-state index < -0.39 is 43.8 Å². The Balaban J connectivity index is 2.38. The summed E-state index contributed by atoms with van der Waals surface area (Å²) in [5, 5.41) is 9.76. The van der Waals surface area contributed by atoms with Crippen LogP contribution in [0.2, 0.25) is 0 Å². The van der Waals surface area contributed by atoms with E-state index in [2.05, 4.69) is 20.7 Å². The van der Waals surface area contributed by atoms with Gasteiger partial charge in [0.15, 0.2) is 9.84 Å².